The molecule has 0 aromatic heterocycles. The highest BCUT2D eigenvalue weighted by Gasteiger charge is 2.28. The predicted molar refractivity (Wildman–Crippen MR) is 102 cm³/mol. The highest BCUT2D eigenvalue weighted by molar-refractivity contribution is 7.99. The summed E-state index contributed by atoms with van der Waals surface area (Å²) < 4.78 is 0. The fourth-order valence-electron chi connectivity index (χ4n) is 2.65. The van der Waals surface area contributed by atoms with Crippen molar-refractivity contribution >= 4 is 29.1 Å². The molecule has 9 nitrogen and oxygen atoms in total. The molecule has 2 N–H and O–H groups in total. The van der Waals surface area contributed by atoms with Crippen LogP contribution in [-0.4, -0.2) is 26.0 Å². The van der Waals surface area contributed by atoms with Crippen molar-refractivity contribution in [3.63, 3.8) is 0 Å². The van der Waals surface area contributed by atoms with Crippen molar-refractivity contribution in [3.8, 4) is 5.75 Å². The van der Waals surface area contributed by atoms with Gasteiger partial charge in [-0.3, -0.25) is 20.2 Å². The van der Waals surface area contributed by atoms with Gasteiger partial charge in [-0.1, -0.05) is 32.5 Å². The number of carbonyl (C=O) groups is 1. The highest BCUT2D eigenvalue weighted by Crippen LogP contribution is 2.44. The minimum Gasteiger partial charge on any atom is -0.507 e. The molecule has 0 saturated carbocycles. The molecule has 2 aromatic rings. The topological polar surface area (TPSA) is 144 Å². The van der Waals surface area contributed by atoms with Crippen LogP contribution in [0.15, 0.2) is 34.1 Å². The average Bonchev–Trinajstić information content (AvgIpc) is 2.55. The number of aromatic hydroxyl groups is 1. The van der Waals surface area contributed by atoms with Gasteiger partial charge in [-0.15, -0.1) is 0 Å². The van der Waals surface area contributed by atoms with E-state index in [2.05, 4.69) is 0 Å². The number of hydrogen-bond acceptors (Lipinski definition) is 7. The van der Waals surface area contributed by atoms with Crippen LogP contribution in [-0.2, 0) is 5.41 Å². The van der Waals surface area contributed by atoms with Crippen molar-refractivity contribution in [3.05, 3.63) is 61.2 Å². The van der Waals surface area contributed by atoms with Crippen LogP contribution in [0.4, 0.5) is 11.4 Å². The van der Waals surface area contributed by atoms with Crippen LogP contribution in [0.1, 0.15) is 42.3 Å². The molecule has 0 spiro atoms. The molecular weight excluding hydrogens is 388 g/mol. The maximum atomic E-state index is 11.7. The van der Waals surface area contributed by atoms with Crippen LogP contribution < -0.4 is 0 Å². The summed E-state index contributed by atoms with van der Waals surface area (Å²) in [5, 5.41) is 42.2. The summed E-state index contributed by atoms with van der Waals surface area (Å²) in [6.07, 6.45) is 0. The zero-order valence-electron chi connectivity index (χ0n) is 15.5. The lowest BCUT2D eigenvalue weighted by molar-refractivity contribution is -0.396. The fourth-order valence-corrected chi connectivity index (χ4v) is 3.69. The predicted octanol–water partition coefficient (Wildman–Crippen LogP) is 4.66. The van der Waals surface area contributed by atoms with Crippen LogP contribution in [0.3, 0.4) is 0 Å². The van der Waals surface area contributed by atoms with E-state index in [4.69, 9.17) is 0 Å². The molecule has 0 amide bonds. The van der Waals surface area contributed by atoms with Crippen LogP contribution in [0.2, 0.25) is 0 Å². The Morgan fingerprint density at radius 3 is 2.14 bits per heavy atom. The van der Waals surface area contributed by atoms with Gasteiger partial charge in [0, 0.05) is 16.5 Å². The molecule has 0 atom stereocenters. The van der Waals surface area contributed by atoms with Crippen molar-refractivity contribution in [2.75, 3.05) is 0 Å². The number of carboxylic acids is 1. The lowest BCUT2D eigenvalue weighted by Crippen LogP contribution is -2.14. The second-order valence-electron chi connectivity index (χ2n) is 7.09. The van der Waals surface area contributed by atoms with Crippen LogP contribution >= 0.6 is 11.8 Å². The van der Waals surface area contributed by atoms with Gasteiger partial charge in [0.15, 0.2) is 0 Å². The van der Waals surface area contributed by atoms with Gasteiger partial charge in [0.25, 0.3) is 11.4 Å². The molecule has 0 saturated heterocycles. The summed E-state index contributed by atoms with van der Waals surface area (Å²) in [4.78, 5) is 33.0. The van der Waals surface area contributed by atoms with E-state index in [1.165, 1.54) is 13.0 Å². The van der Waals surface area contributed by atoms with Gasteiger partial charge < -0.3 is 10.2 Å². The van der Waals surface area contributed by atoms with E-state index in [0.29, 0.717) is 10.5 Å². The summed E-state index contributed by atoms with van der Waals surface area (Å²) in [5.74, 6) is -1.67. The first-order chi connectivity index (χ1) is 12.8. The summed E-state index contributed by atoms with van der Waals surface area (Å²) in [6.45, 7) is 6.89. The van der Waals surface area contributed by atoms with Gasteiger partial charge >= 0.3 is 5.97 Å². The van der Waals surface area contributed by atoms with Crippen molar-refractivity contribution in [1.82, 2.24) is 0 Å². The summed E-state index contributed by atoms with van der Waals surface area (Å²) >= 11 is 0.921. The molecule has 2 rings (SSSR count). The molecule has 0 heterocycles. The third kappa shape index (κ3) is 4.06. The highest BCUT2D eigenvalue weighted by atomic mass is 32.2. The molecule has 0 aliphatic rings. The number of nitrogens with zero attached hydrogens (tertiary/aromatic N) is 2. The molecule has 2 aromatic carbocycles. The number of non-ortho nitro benzene ring substituents is 1. The first-order valence-electron chi connectivity index (χ1n) is 8.05. The quantitative estimate of drug-likeness (QED) is 0.538. The van der Waals surface area contributed by atoms with Gasteiger partial charge in [-0.2, -0.15) is 0 Å². The number of aromatic carboxylic acids is 1. The van der Waals surface area contributed by atoms with E-state index in [1.54, 1.807) is 26.8 Å². The van der Waals surface area contributed by atoms with Gasteiger partial charge in [-0.05, 0) is 30.0 Å². The third-order valence-corrected chi connectivity index (χ3v) is 5.31. The first-order valence-corrected chi connectivity index (χ1v) is 8.87. The molecule has 0 aliphatic heterocycles. The van der Waals surface area contributed by atoms with Crippen LogP contribution in [0.25, 0.3) is 0 Å². The summed E-state index contributed by atoms with van der Waals surface area (Å²) in [6, 6.07) is 4.85. The summed E-state index contributed by atoms with van der Waals surface area (Å²) in [5.41, 5.74) is -1.11. The van der Waals surface area contributed by atoms with Crippen LogP contribution in [0.5, 0.6) is 5.75 Å². The third-order valence-electron chi connectivity index (χ3n) is 4.10. The average molecular weight is 406 g/mol. The zero-order valence-corrected chi connectivity index (χ0v) is 16.4. The van der Waals surface area contributed by atoms with E-state index in [1.807, 2.05) is 0 Å². The number of hydrogen-bond donors (Lipinski definition) is 2. The number of carboxylic acid groups (broad SMARTS) is 1. The SMILES string of the molecule is Cc1c(Sc2ccc([N+](=O)[O-])cc2[N+](=O)[O-])cc(C(C)(C)C)c(O)c1C(=O)O. The van der Waals surface area contributed by atoms with Crippen molar-refractivity contribution in [2.24, 2.45) is 0 Å². The monoisotopic (exact) mass is 406 g/mol. The van der Waals surface area contributed by atoms with E-state index < -0.39 is 32.6 Å². The van der Waals surface area contributed by atoms with Crippen molar-refractivity contribution in [1.29, 1.82) is 0 Å². The van der Waals surface area contributed by atoms with Gasteiger partial charge in [-0.25, -0.2) is 4.79 Å². The zero-order chi connectivity index (χ0) is 21.4. The van der Waals surface area contributed by atoms with E-state index in [0.717, 1.165) is 23.9 Å². The Morgan fingerprint density at radius 2 is 1.68 bits per heavy atom. The Balaban J connectivity index is 2.70. The molecular formula is C18H18N2O7S. The number of rotatable bonds is 5. The molecule has 28 heavy (non-hydrogen) atoms. The van der Waals surface area contributed by atoms with Crippen LogP contribution in [0, 0.1) is 27.2 Å². The van der Waals surface area contributed by atoms with Crippen molar-refractivity contribution in [2.45, 2.75) is 42.9 Å². The largest absolute Gasteiger partial charge is 0.507 e. The van der Waals surface area contributed by atoms with Gasteiger partial charge in [0.2, 0.25) is 0 Å². The maximum Gasteiger partial charge on any atom is 0.339 e. The molecule has 0 unspecified atom stereocenters. The second-order valence-corrected chi connectivity index (χ2v) is 8.18. The number of nitro benzene ring substituents is 2. The minimum absolute atomic E-state index is 0.126. The van der Waals surface area contributed by atoms with E-state index in [9.17, 15) is 35.2 Å². The standard InChI is InChI=1S/C18H18N2O7S/c1-9-14(8-11(18(2,3)4)16(21)15(9)17(22)23)28-13-6-5-10(19(24)25)7-12(13)20(26)27/h5-8,21H,1-4H3,(H,22,23). The Hall–Kier alpha value is -3.14. The molecule has 0 fully saturated rings. The Bertz CT molecular complexity index is 996. The minimum atomic E-state index is -1.32. The smallest absolute Gasteiger partial charge is 0.339 e. The number of phenols is 1. The molecule has 148 valence electrons. The Labute approximate surface area is 164 Å². The van der Waals surface area contributed by atoms with E-state index in [-0.39, 0.29) is 21.8 Å². The fraction of sp³-hybridized carbons (Fsp3) is 0.278. The number of benzene rings is 2. The normalized spacial score (nSPS) is 11.3. The Morgan fingerprint density at radius 1 is 1.07 bits per heavy atom. The first kappa shape index (κ1) is 21.2. The summed E-state index contributed by atoms with van der Waals surface area (Å²) in [7, 11) is 0. The van der Waals surface area contributed by atoms with Gasteiger partial charge in [0.1, 0.15) is 11.3 Å². The van der Waals surface area contributed by atoms with Gasteiger partial charge in [0.05, 0.1) is 20.8 Å². The lowest BCUT2D eigenvalue weighted by atomic mass is 9.84. The second kappa shape index (κ2) is 7.47. The molecule has 0 aliphatic carbocycles. The maximum absolute atomic E-state index is 11.7. The van der Waals surface area contributed by atoms with E-state index >= 15 is 0 Å². The molecule has 0 bridgehead atoms. The Kier molecular flexibility index (Phi) is 5.64. The number of nitro groups is 2. The molecule has 0 radical (unpaired) electrons. The lowest BCUT2D eigenvalue weighted by Gasteiger charge is -2.24. The molecule has 10 heteroatoms. The van der Waals surface area contributed by atoms with Crippen molar-refractivity contribution < 1.29 is 24.9 Å².